The number of amides is 1. The number of rotatable bonds is 3. The van der Waals surface area contributed by atoms with Gasteiger partial charge in [0.1, 0.15) is 5.69 Å². The fourth-order valence-corrected chi connectivity index (χ4v) is 4.64. The van der Waals surface area contributed by atoms with Crippen LogP contribution in [0.1, 0.15) is 60.4 Å². The summed E-state index contributed by atoms with van der Waals surface area (Å²) < 4.78 is 1.97. The Hall–Kier alpha value is -2.31. The van der Waals surface area contributed by atoms with Crippen molar-refractivity contribution in [3.05, 3.63) is 54.0 Å². The van der Waals surface area contributed by atoms with E-state index in [0.29, 0.717) is 11.7 Å². The van der Waals surface area contributed by atoms with Crippen LogP contribution in [-0.2, 0) is 0 Å². The molecule has 2 atom stereocenters. The van der Waals surface area contributed by atoms with Crippen molar-refractivity contribution in [3.63, 3.8) is 0 Å². The average molecular weight is 414 g/mol. The van der Waals surface area contributed by atoms with Crippen molar-refractivity contribution in [2.45, 2.75) is 44.2 Å². The van der Waals surface area contributed by atoms with Crippen LogP contribution < -0.4 is 5.32 Å². The van der Waals surface area contributed by atoms with Crippen LogP contribution in [0.15, 0.2) is 42.6 Å². The second-order valence-corrected chi connectivity index (χ2v) is 8.00. The van der Waals surface area contributed by atoms with Crippen LogP contribution in [0.25, 0.3) is 10.9 Å². The van der Waals surface area contributed by atoms with E-state index >= 15 is 0 Å². The van der Waals surface area contributed by atoms with Crippen LogP contribution in [0.2, 0.25) is 0 Å². The van der Waals surface area contributed by atoms with Crippen molar-refractivity contribution in [2.24, 2.45) is 0 Å². The Bertz CT molecular complexity index is 941. The third-order valence-corrected chi connectivity index (χ3v) is 6.15. The van der Waals surface area contributed by atoms with Gasteiger partial charge in [-0.05, 0) is 62.2 Å². The highest BCUT2D eigenvalue weighted by Gasteiger charge is 2.31. The van der Waals surface area contributed by atoms with Crippen LogP contribution in [-0.4, -0.2) is 45.2 Å². The van der Waals surface area contributed by atoms with Gasteiger partial charge in [-0.15, -0.1) is 12.4 Å². The van der Waals surface area contributed by atoms with Gasteiger partial charge >= 0.3 is 0 Å². The number of carbonyl (C=O) groups is 1. The van der Waals surface area contributed by atoms with E-state index in [0.717, 1.165) is 62.9 Å². The number of para-hydroxylation sites is 1. The van der Waals surface area contributed by atoms with Gasteiger partial charge in [0.15, 0.2) is 0 Å². The predicted octanol–water partition coefficient (Wildman–Crippen LogP) is 4.08. The van der Waals surface area contributed by atoms with Gasteiger partial charge in [-0.3, -0.25) is 9.48 Å². The minimum atomic E-state index is 0. The molecule has 5 rings (SSSR count). The molecule has 154 valence electrons. The summed E-state index contributed by atoms with van der Waals surface area (Å²) >= 11 is 0. The third-order valence-electron chi connectivity index (χ3n) is 6.15. The van der Waals surface area contributed by atoms with Crippen molar-refractivity contribution in [1.29, 1.82) is 0 Å². The van der Waals surface area contributed by atoms with E-state index in [2.05, 4.69) is 39.7 Å². The smallest absolute Gasteiger partial charge is 0.274 e. The molecule has 4 heterocycles. The molecule has 7 heteroatoms. The van der Waals surface area contributed by atoms with Gasteiger partial charge in [0, 0.05) is 30.5 Å². The minimum Gasteiger partial charge on any atom is -0.357 e. The molecule has 0 spiro atoms. The van der Waals surface area contributed by atoms with Crippen LogP contribution in [0.4, 0.5) is 0 Å². The Kier molecular flexibility index (Phi) is 5.92. The summed E-state index contributed by atoms with van der Waals surface area (Å²) in [5.41, 5.74) is 2.82. The zero-order valence-electron chi connectivity index (χ0n) is 16.5. The predicted molar refractivity (Wildman–Crippen MR) is 117 cm³/mol. The van der Waals surface area contributed by atoms with Gasteiger partial charge in [0.2, 0.25) is 0 Å². The number of carbonyl (C=O) groups excluding carboxylic acids is 1. The molecule has 2 unspecified atom stereocenters. The lowest BCUT2D eigenvalue weighted by Crippen LogP contribution is -2.39. The molecule has 6 nitrogen and oxygen atoms in total. The molecule has 3 aromatic rings. The standard InChI is InChI=1S/C22H27N5O.ClH/c28-22(19-10-13-27(25-19)17-7-5-11-23-15-17)26-12-4-3-9-21(26)20-14-16-6-1-2-8-18(16)24-20;/h1-2,6,8,10,13-14,17,21,23-24H,3-5,7,9,11-12,15H2;1H. The fraction of sp³-hybridized carbons (Fsp3) is 0.455. The normalized spacial score (nSPS) is 22.4. The number of aromatic amines is 1. The summed E-state index contributed by atoms with van der Waals surface area (Å²) in [5.74, 6) is 0.0471. The maximum absolute atomic E-state index is 13.3. The highest BCUT2D eigenvalue weighted by atomic mass is 35.5. The lowest BCUT2D eigenvalue weighted by molar-refractivity contribution is 0.0599. The quantitative estimate of drug-likeness (QED) is 0.680. The molecule has 2 aliphatic rings. The van der Waals surface area contributed by atoms with Gasteiger partial charge in [-0.2, -0.15) is 5.10 Å². The first kappa shape index (κ1) is 20.0. The lowest BCUT2D eigenvalue weighted by atomic mass is 9.99. The molecule has 2 aromatic heterocycles. The molecular formula is C22H28ClN5O. The average Bonchev–Trinajstić information content (AvgIpc) is 3.41. The van der Waals surface area contributed by atoms with Crippen molar-refractivity contribution in [3.8, 4) is 0 Å². The van der Waals surface area contributed by atoms with Crippen LogP contribution >= 0.6 is 12.4 Å². The summed E-state index contributed by atoms with van der Waals surface area (Å²) in [6, 6.07) is 12.8. The topological polar surface area (TPSA) is 66.0 Å². The first-order chi connectivity index (χ1) is 13.8. The molecule has 2 N–H and O–H groups in total. The van der Waals surface area contributed by atoms with Gasteiger partial charge in [-0.25, -0.2) is 0 Å². The van der Waals surface area contributed by atoms with Crippen molar-refractivity contribution < 1.29 is 4.79 Å². The Morgan fingerprint density at radius 1 is 1.10 bits per heavy atom. The summed E-state index contributed by atoms with van der Waals surface area (Å²) in [4.78, 5) is 18.9. The molecule has 0 radical (unpaired) electrons. The maximum Gasteiger partial charge on any atom is 0.274 e. The van der Waals surface area contributed by atoms with E-state index < -0.39 is 0 Å². The fourth-order valence-electron chi connectivity index (χ4n) is 4.64. The Labute approximate surface area is 177 Å². The third kappa shape index (κ3) is 3.91. The number of piperidine rings is 2. The number of halogens is 1. The number of H-pyrrole nitrogens is 1. The van der Waals surface area contributed by atoms with Crippen molar-refractivity contribution in [1.82, 2.24) is 25.0 Å². The number of nitrogens with zero attached hydrogens (tertiary/aromatic N) is 3. The molecular weight excluding hydrogens is 386 g/mol. The zero-order valence-corrected chi connectivity index (χ0v) is 17.3. The summed E-state index contributed by atoms with van der Waals surface area (Å²) in [7, 11) is 0. The van der Waals surface area contributed by atoms with E-state index in [4.69, 9.17) is 0 Å². The van der Waals surface area contributed by atoms with Crippen LogP contribution in [0.5, 0.6) is 0 Å². The number of nitrogens with one attached hydrogen (secondary N) is 2. The highest BCUT2D eigenvalue weighted by Crippen LogP contribution is 2.33. The highest BCUT2D eigenvalue weighted by molar-refractivity contribution is 5.92. The maximum atomic E-state index is 13.3. The molecule has 2 saturated heterocycles. The number of hydrogen-bond acceptors (Lipinski definition) is 3. The van der Waals surface area contributed by atoms with Gasteiger partial charge in [0.05, 0.1) is 12.1 Å². The van der Waals surface area contributed by atoms with Gasteiger partial charge in [-0.1, -0.05) is 18.2 Å². The SMILES string of the molecule is Cl.O=C(c1ccn(C2CCCNC2)n1)N1CCCCC1c1cc2ccccc2[nH]1. The van der Waals surface area contributed by atoms with E-state index in [9.17, 15) is 4.79 Å². The first-order valence-electron chi connectivity index (χ1n) is 10.4. The largest absolute Gasteiger partial charge is 0.357 e. The molecule has 2 fully saturated rings. The second kappa shape index (κ2) is 8.59. The number of aromatic nitrogens is 3. The molecule has 1 amide bonds. The summed E-state index contributed by atoms with van der Waals surface area (Å²) in [6.07, 6.45) is 7.42. The van der Waals surface area contributed by atoms with Crippen molar-refractivity contribution in [2.75, 3.05) is 19.6 Å². The minimum absolute atomic E-state index is 0. The lowest BCUT2D eigenvalue weighted by Gasteiger charge is -2.35. The number of fused-ring (bicyclic) bond motifs is 1. The molecule has 0 bridgehead atoms. The summed E-state index contributed by atoms with van der Waals surface area (Å²) in [5, 5.41) is 9.27. The second-order valence-electron chi connectivity index (χ2n) is 8.00. The monoisotopic (exact) mass is 413 g/mol. The Morgan fingerprint density at radius 2 is 2.00 bits per heavy atom. The number of hydrogen-bond donors (Lipinski definition) is 2. The Morgan fingerprint density at radius 3 is 2.83 bits per heavy atom. The number of benzene rings is 1. The molecule has 1 aromatic carbocycles. The van der Waals surface area contributed by atoms with Crippen LogP contribution in [0.3, 0.4) is 0 Å². The zero-order chi connectivity index (χ0) is 18.9. The van der Waals surface area contributed by atoms with E-state index in [1.54, 1.807) is 0 Å². The van der Waals surface area contributed by atoms with Crippen molar-refractivity contribution >= 4 is 29.2 Å². The molecule has 0 aliphatic carbocycles. The van der Waals surface area contributed by atoms with E-state index in [1.807, 2.05) is 27.9 Å². The van der Waals surface area contributed by atoms with Crippen LogP contribution in [0, 0.1) is 0 Å². The van der Waals surface area contributed by atoms with Gasteiger partial charge in [0.25, 0.3) is 5.91 Å². The number of likely N-dealkylation sites (tertiary alicyclic amines) is 1. The van der Waals surface area contributed by atoms with Gasteiger partial charge < -0.3 is 15.2 Å². The van der Waals surface area contributed by atoms with E-state index in [-0.39, 0.29) is 24.4 Å². The molecule has 0 saturated carbocycles. The van der Waals surface area contributed by atoms with E-state index in [1.165, 1.54) is 5.39 Å². The molecule has 29 heavy (non-hydrogen) atoms. The molecule has 2 aliphatic heterocycles. The Balaban J connectivity index is 0.00000205. The summed E-state index contributed by atoms with van der Waals surface area (Å²) in [6.45, 7) is 2.79. The first-order valence-corrected chi connectivity index (χ1v) is 10.4.